The summed E-state index contributed by atoms with van der Waals surface area (Å²) >= 11 is 0. The van der Waals surface area contributed by atoms with E-state index in [0.717, 1.165) is 35.6 Å². The van der Waals surface area contributed by atoms with E-state index in [1.165, 1.54) is 5.56 Å². The summed E-state index contributed by atoms with van der Waals surface area (Å²) in [6.45, 7) is 8.08. The molecule has 2 heterocycles. The summed E-state index contributed by atoms with van der Waals surface area (Å²) < 4.78 is 19.2. The molecule has 1 fully saturated rings. The maximum absolute atomic E-state index is 11.9. The quantitative estimate of drug-likeness (QED) is 0.436. The lowest BCUT2D eigenvalue weighted by Crippen LogP contribution is -2.48. The van der Waals surface area contributed by atoms with E-state index in [1.54, 1.807) is 10.6 Å². The van der Waals surface area contributed by atoms with Crippen molar-refractivity contribution in [2.45, 2.75) is 39.0 Å². The van der Waals surface area contributed by atoms with E-state index in [1.807, 2.05) is 74.6 Å². The molecule has 1 unspecified atom stereocenters. The fraction of sp³-hybridized carbons (Fsp3) is 0.414. The molecule has 1 saturated heterocycles. The van der Waals surface area contributed by atoms with E-state index in [2.05, 4.69) is 4.90 Å². The van der Waals surface area contributed by atoms with Gasteiger partial charge in [0.2, 0.25) is 0 Å². The Labute approximate surface area is 212 Å². The van der Waals surface area contributed by atoms with Crippen LogP contribution in [0.2, 0.25) is 0 Å². The van der Waals surface area contributed by atoms with E-state index >= 15 is 0 Å². The van der Waals surface area contributed by atoms with Gasteiger partial charge in [-0.3, -0.25) is 9.69 Å². The molecule has 0 amide bonds. The summed E-state index contributed by atoms with van der Waals surface area (Å²) in [4.78, 5) is 14.1. The Morgan fingerprint density at radius 1 is 0.944 bits per heavy atom. The normalized spacial score (nSPS) is 18.5. The minimum absolute atomic E-state index is 0.0116. The van der Waals surface area contributed by atoms with Gasteiger partial charge in [-0.25, -0.2) is 0 Å². The standard InChI is InChI=1S/C29H36N2O5/c1-23-4-9-27(10-5-23)36-22-29(33)20-30(15-17-34-21-29)19-25-7-11-26(12-8-25)35-16-3-14-31-18-24(2)6-13-28(31)32/h4-13,18,33H,3,14-17,19-22H2,1-2H3. The van der Waals surface area contributed by atoms with Gasteiger partial charge in [0.05, 0.1) is 19.8 Å². The average molecular weight is 493 g/mol. The van der Waals surface area contributed by atoms with E-state index in [-0.39, 0.29) is 18.8 Å². The van der Waals surface area contributed by atoms with Crippen LogP contribution in [0.3, 0.4) is 0 Å². The highest BCUT2D eigenvalue weighted by atomic mass is 16.5. The van der Waals surface area contributed by atoms with Crippen LogP contribution in [0.1, 0.15) is 23.1 Å². The number of aromatic nitrogens is 1. The maximum Gasteiger partial charge on any atom is 0.250 e. The molecule has 2 aromatic carbocycles. The number of hydrogen-bond acceptors (Lipinski definition) is 6. The van der Waals surface area contributed by atoms with Crippen LogP contribution in [0.25, 0.3) is 0 Å². The number of benzene rings is 2. The molecular weight excluding hydrogens is 456 g/mol. The zero-order valence-electron chi connectivity index (χ0n) is 21.2. The maximum atomic E-state index is 11.9. The first-order valence-electron chi connectivity index (χ1n) is 12.5. The highest BCUT2D eigenvalue weighted by Gasteiger charge is 2.33. The van der Waals surface area contributed by atoms with Gasteiger partial charge < -0.3 is 23.9 Å². The summed E-state index contributed by atoms with van der Waals surface area (Å²) in [5.74, 6) is 1.55. The van der Waals surface area contributed by atoms with Crippen LogP contribution in [0.4, 0.5) is 0 Å². The van der Waals surface area contributed by atoms with Crippen LogP contribution in [-0.4, -0.2) is 59.7 Å². The van der Waals surface area contributed by atoms with Gasteiger partial charge in [-0.2, -0.15) is 0 Å². The van der Waals surface area contributed by atoms with Gasteiger partial charge in [-0.15, -0.1) is 0 Å². The molecular formula is C29H36N2O5. The monoisotopic (exact) mass is 492 g/mol. The number of nitrogens with zero attached hydrogens (tertiary/aromatic N) is 2. The van der Waals surface area contributed by atoms with Crippen molar-refractivity contribution < 1.29 is 19.3 Å². The van der Waals surface area contributed by atoms with Crippen molar-refractivity contribution in [1.82, 2.24) is 9.47 Å². The number of hydrogen-bond donors (Lipinski definition) is 1. The van der Waals surface area contributed by atoms with E-state index in [0.29, 0.717) is 32.8 Å². The Morgan fingerprint density at radius 3 is 2.42 bits per heavy atom. The SMILES string of the molecule is Cc1ccc(OCC2(O)COCCN(Cc3ccc(OCCCn4cc(C)ccc4=O)cc3)C2)cc1. The predicted molar refractivity (Wildman–Crippen MR) is 140 cm³/mol. The highest BCUT2D eigenvalue weighted by Crippen LogP contribution is 2.20. The van der Waals surface area contributed by atoms with Gasteiger partial charge in [-0.05, 0) is 55.7 Å². The third-order valence-electron chi connectivity index (χ3n) is 6.24. The van der Waals surface area contributed by atoms with Gasteiger partial charge in [0.1, 0.15) is 23.7 Å². The first-order valence-corrected chi connectivity index (χ1v) is 12.5. The molecule has 1 atom stereocenters. The van der Waals surface area contributed by atoms with Gasteiger partial charge >= 0.3 is 0 Å². The van der Waals surface area contributed by atoms with Crippen LogP contribution in [0, 0.1) is 13.8 Å². The molecule has 36 heavy (non-hydrogen) atoms. The number of ether oxygens (including phenoxy) is 3. The molecule has 1 aliphatic heterocycles. The molecule has 192 valence electrons. The van der Waals surface area contributed by atoms with Crippen molar-refractivity contribution in [3.8, 4) is 11.5 Å². The van der Waals surface area contributed by atoms with E-state index in [9.17, 15) is 9.90 Å². The fourth-order valence-corrected chi connectivity index (χ4v) is 4.27. The van der Waals surface area contributed by atoms with Crippen molar-refractivity contribution >= 4 is 0 Å². The number of aliphatic hydroxyl groups is 1. The molecule has 0 saturated carbocycles. The largest absolute Gasteiger partial charge is 0.494 e. The van der Waals surface area contributed by atoms with Gasteiger partial charge in [0.15, 0.2) is 0 Å². The van der Waals surface area contributed by atoms with Crippen LogP contribution in [-0.2, 0) is 17.8 Å². The average Bonchev–Trinajstić information content (AvgIpc) is 3.05. The smallest absolute Gasteiger partial charge is 0.250 e. The predicted octanol–water partition coefficient (Wildman–Crippen LogP) is 3.58. The third-order valence-corrected chi connectivity index (χ3v) is 6.24. The minimum atomic E-state index is -1.08. The second kappa shape index (κ2) is 12.2. The summed E-state index contributed by atoms with van der Waals surface area (Å²) in [5.41, 5.74) is 2.30. The molecule has 1 aliphatic rings. The van der Waals surface area contributed by atoms with Crippen LogP contribution in [0.15, 0.2) is 71.7 Å². The second-order valence-electron chi connectivity index (χ2n) is 9.67. The Balaban J connectivity index is 1.24. The zero-order chi connectivity index (χ0) is 25.4. The Morgan fingerprint density at radius 2 is 1.64 bits per heavy atom. The Kier molecular flexibility index (Phi) is 8.80. The lowest BCUT2D eigenvalue weighted by Gasteiger charge is -2.30. The minimum Gasteiger partial charge on any atom is -0.494 e. The van der Waals surface area contributed by atoms with E-state index in [4.69, 9.17) is 14.2 Å². The number of aryl methyl sites for hydroxylation is 3. The first kappa shape index (κ1) is 25.9. The molecule has 0 aliphatic carbocycles. The van der Waals surface area contributed by atoms with Crippen LogP contribution >= 0.6 is 0 Å². The van der Waals surface area contributed by atoms with Gasteiger partial charge in [0, 0.05) is 38.4 Å². The van der Waals surface area contributed by atoms with Crippen LogP contribution in [0.5, 0.6) is 11.5 Å². The van der Waals surface area contributed by atoms with Crippen molar-refractivity contribution in [2.24, 2.45) is 0 Å². The van der Waals surface area contributed by atoms with Crippen molar-refractivity contribution in [3.05, 3.63) is 93.9 Å². The van der Waals surface area contributed by atoms with E-state index < -0.39 is 5.60 Å². The van der Waals surface area contributed by atoms with Crippen molar-refractivity contribution in [3.63, 3.8) is 0 Å². The summed E-state index contributed by atoms with van der Waals surface area (Å²) in [6.07, 6.45) is 2.63. The topological polar surface area (TPSA) is 73.2 Å². The Bertz CT molecular complexity index is 1160. The number of rotatable bonds is 10. The molecule has 0 bridgehead atoms. The lowest BCUT2D eigenvalue weighted by molar-refractivity contribution is -0.0646. The molecule has 3 aromatic rings. The molecule has 0 radical (unpaired) electrons. The molecule has 0 spiro atoms. The summed E-state index contributed by atoms with van der Waals surface area (Å²) in [7, 11) is 0. The van der Waals surface area contributed by atoms with Crippen LogP contribution < -0.4 is 15.0 Å². The summed E-state index contributed by atoms with van der Waals surface area (Å²) in [6, 6.07) is 19.3. The van der Waals surface area contributed by atoms with Crippen molar-refractivity contribution in [2.75, 3.05) is 39.5 Å². The van der Waals surface area contributed by atoms with Gasteiger partial charge in [-0.1, -0.05) is 35.9 Å². The fourth-order valence-electron chi connectivity index (χ4n) is 4.27. The second-order valence-corrected chi connectivity index (χ2v) is 9.67. The van der Waals surface area contributed by atoms with Gasteiger partial charge in [0.25, 0.3) is 5.56 Å². The number of β-amino-alcohol motifs (C(OH)–C–C–N with tert-alkyl or cyclic N) is 1. The molecule has 7 heteroatoms. The number of pyridine rings is 1. The Hall–Kier alpha value is -3.13. The molecule has 4 rings (SSSR count). The highest BCUT2D eigenvalue weighted by molar-refractivity contribution is 5.28. The first-order chi connectivity index (χ1) is 17.4. The molecule has 7 nitrogen and oxygen atoms in total. The lowest BCUT2D eigenvalue weighted by atomic mass is 10.1. The third kappa shape index (κ3) is 7.68. The molecule has 1 N–H and O–H groups in total. The molecule has 1 aromatic heterocycles. The summed E-state index contributed by atoms with van der Waals surface area (Å²) in [5, 5.41) is 11.2. The zero-order valence-corrected chi connectivity index (χ0v) is 21.2. The van der Waals surface area contributed by atoms with Crippen molar-refractivity contribution in [1.29, 1.82) is 0 Å².